The maximum atomic E-state index is 10.8. The third kappa shape index (κ3) is 83.2. The highest BCUT2D eigenvalue weighted by Gasteiger charge is 2.03. The summed E-state index contributed by atoms with van der Waals surface area (Å²) in [6.45, 7) is 24.9. The van der Waals surface area contributed by atoms with Crippen LogP contribution in [0.1, 0.15) is 227 Å². The van der Waals surface area contributed by atoms with Gasteiger partial charge in [0, 0.05) is 29.8 Å². The van der Waals surface area contributed by atoms with E-state index in [9.17, 15) is 14.4 Å². The van der Waals surface area contributed by atoms with E-state index in [0.717, 1.165) is 19.5 Å². The molecule has 414 valence electrons. The second kappa shape index (κ2) is 64.0. The van der Waals surface area contributed by atoms with E-state index >= 15 is 0 Å². The average Bonchev–Trinajstić information content (AvgIpc) is 3.27. The minimum absolute atomic E-state index is 0. The van der Waals surface area contributed by atoms with Crippen molar-refractivity contribution in [2.75, 3.05) is 95.8 Å². The summed E-state index contributed by atoms with van der Waals surface area (Å²) in [6, 6.07) is 0. The first-order valence-electron chi connectivity index (χ1n) is 27.4. The molecular formula is C58H119BrN4O6. The van der Waals surface area contributed by atoms with Crippen molar-refractivity contribution in [2.24, 2.45) is 0 Å². The Labute approximate surface area is 441 Å². The van der Waals surface area contributed by atoms with Crippen molar-refractivity contribution in [1.29, 1.82) is 0 Å². The molecule has 0 aliphatic heterocycles. The number of likely N-dealkylation sites (N-methyl/N-ethyl adjacent to an activating group) is 2. The lowest BCUT2D eigenvalue weighted by Gasteiger charge is -2.09. The Hall–Kier alpha value is -2.05. The van der Waals surface area contributed by atoms with Crippen LogP contribution in [-0.2, 0) is 23.9 Å². The second-order valence-electron chi connectivity index (χ2n) is 19.9. The minimum Gasteiger partial charge on any atom is -0.478 e. The molecule has 0 bridgehead atoms. The lowest BCUT2D eigenvalue weighted by molar-refractivity contribution is -0.140. The molecule has 0 amide bonds. The van der Waals surface area contributed by atoms with Crippen LogP contribution in [0.3, 0.4) is 0 Å². The van der Waals surface area contributed by atoms with Crippen molar-refractivity contribution in [3.05, 3.63) is 36.5 Å². The molecule has 0 radical (unpaired) electrons. The van der Waals surface area contributed by atoms with E-state index in [-0.39, 0.29) is 28.9 Å². The fourth-order valence-electron chi connectivity index (χ4n) is 6.54. The van der Waals surface area contributed by atoms with E-state index in [4.69, 9.17) is 14.6 Å². The van der Waals surface area contributed by atoms with Crippen molar-refractivity contribution in [1.82, 2.24) is 19.6 Å². The Morgan fingerprint density at radius 2 is 0.594 bits per heavy atom. The third-order valence-electron chi connectivity index (χ3n) is 11.0. The number of hydrogen-bond acceptors (Lipinski definition) is 9. The van der Waals surface area contributed by atoms with Gasteiger partial charge in [-0.05, 0) is 103 Å². The molecule has 0 saturated carbocycles. The Balaban J connectivity index is -0.000000186. The maximum absolute atomic E-state index is 10.8. The van der Waals surface area contributed by atoms with Crippen LogP contribution < -0.4 is 0 Å². The molecule has 0 heterocycles. The Kier molecular flexibility index (Phi) is 72.7. The summed E-state index contributed by atoms with van der Waals surface area (Å²) < 4.78 is 9.67. The number of unbranched alkanes of at least 4 members (excludes halogenated alkanes) is 26. The summed E-state index contributed by atoms with van der Waals surface area (Å²) in [5.74, 6) is -1.51. The predicted octanol–water partition coefficient (Wildman–Crippen LogP) is 15.4. The SMILES string of the molecule is Br.C=C(C)C(=O)OCCN(C)C.C=C(C)C(=O)OCCN(C)C.C=C(CCC)C(=O)O.CCCCCCCCCCCCCCCCN(C)C.CCCCCCCCCCCCCCCCN(C)C. The molecule has 10 nitrogen and oxygen atoms in total. The average molecular weight is 1050 g/mol. The van der Waals surface area contributed by atoms with E-state index in [1.54, 1.807) is 13.8 Å². The Morgan fingerprint density at radius 1 is 0.377 bits per heavy atom. The number of carbonyl (C=O) groups is 3. The van der Waals surface area contributed by atoms with E-state index in [0.29, 0.717) is 36.4 Å². The molecule has 69 heavy (non-hydrogen) atoms. The van der Waals surface area contributed by atoms with Gasteiger partial charge in [-0.25, -0.2) is 14.4 Å². The molecule has 0 saturated heterocycles. The highest BCUT2D eigenvalue weighted by Crippen LogP contribution is 2.14. The van der Waals surface area contributed by atoms with Crippen LogP contribution in [0.4, 0.5) is 0 Å². The normalized spacial score (nSPS) is 10.4. The molecule has 0 aromatic carbocycles. The summed E-state index contributed by atoms with van der Waals surface area (Å²) in [5.41, 5.74) is 1.19. The van der Waals surface area contributed by atoms with E-state index < -0.39 is 5.97 Å². The molecule has 0 rings (SSSR count). The van der Waals surface area contributed by atoms with Gasteiger partial charge < -0.3 is 34.2 Å². The van der Waals surface area contributed by atoms with E-state index in [1.807, 2.05) is 44.9 Å². The van der Waals surface area contributed by atoms with Crippen LogP contribution >= 0.6 is 17.0 Å². The predicted molar refractivity (Wildman–Crippen MR) is 308 cm³/mol. The first-order chi connectivity index (χ1) is 32.3. The van der Waals surface area contributed by atoms with Crippen LogP contribution in [0.5, 0.6) is 0 Å². The van der Waals surface area contributed by atoms with Crippen LogP contribution in [-0.4, -0.2) is 138 Å². The number of esters is 2. The third-order valence-corrected chi connectivity index (χ3v) is 11.0. The number of aliphatic carboxylic acids is 1. The zero-order valence-corrected chi connectivity index (χ0v) is 50.0. The van der Waals surface area contributed by atoms with Crippen LogP contribution in [0.2, 0.25) is 0 Å². The molecule has 11 heteroatoms. The van der Waals surface area contributed by atoms with Crippen molar-refractivity contribution in [2.45, 2.75) is 227 Å². The highest BCUT2D eigenvalue weighted by molar-refractivity contribution is 8.93. The smallest absolute Gasteiger partial charge is 0.333 e. The van der Waals surface area contributed by atoms with Crippen LogP contribution in [0.15, 0.2) is 36.5 Å². The zero-order chi connectivity index (χ0) is 52.6. The fourth-order valence-corrected chi connectivity index (χ4v) is 6.54. The van der Waals surface area contributed by atoms with Gasteiger partial charge in [-0.1, -0.05) is 214 Å². The summed E-state index contributed by atoms with van der Waals surface area (Å²) in [6.07, 6.45) is 42.1. The summed E-state index contributed by atoms with van der Waals surface area (Å²) in [7, 11) is 16.4. The Morgan fingerprint density at radius 3 is 0.754 bits per heavy atom. The zero-order valence-electron chi connectivity index (χ0n) is 48.3. The number of carbonyl (C=O) groups excluding carboxylic acids is 2. The lowest BCUT2D eigenvalue weighted by Crippen LogP contribution is -2.20. The van der Waals surface area contributed by atoms with Gasteiger partial charge >= 0.3 is 17.9 Å². The number of nitrogens with zero attached hydrogens (tertiary/aromatic N) is 4. The molecule has 0 fully saturated rings. The molecule has 0 aromatic heterocycles. The van der Waals surface area contributed by atoms with Gasteiger partial charge in [-0.2, -0.15) is 0 Å². The van der Waals surface area contributed by atoms with E-state index in [1.165, 1.54) is 193 Å². The molecule has 0 aliphatic rings. The van der Waals surface area contributed by atoms with Crippen molar-refractivity contribution < 1.29 is 29.0 Å². The van der Waals surface area contributed by atoms with Gasteiger partial charge in [0.15, 0.2) is 0 Å². The van der Waals surface area contributed by atoms with Gasteiger partial charge in [-0.3, -0.25) is 0 Å². The molecule has 0 unspecified atom stereocenters. The fraction of sp³-hybridized carbons (Fsp3) is 0.845. The molecule has 0 spiro atoms. The number of halogens is 1. The van der Waals surface area contributed by atoms with Gasteiger partial charge in [0.1, 0.15) is 13.2 Å². The minimum atomic E-state index is -0.883. The van der Waals surface area contributed by atoms with Crippen LogP contribution in [0.25, 0.3) is 0 Å². The summed E-state index contributed by atoms with van der Waals surface area (Å²) >= 11 is 0. The number of carboxylic acid groups (broad SMARTS) is 1. The number of rotatable bonds is 41. The maximum Gasteiger partial charge on any atom is 0.333 e. The lowest BCUT2D eigenvalue weighted by atomic mass is 10.0. The monoisotopic (exact) mass is 1050 g/mol. The number of carboxylic acids is 1. The number of hydrogen-bond donors (Lipinski definition) is 1. The second-order valence-corrected chi connectivity index (χ2v) is 19.9. The largest absolute Gasteiger partial charge is 0.478 e. The Bertz CT molecular complexity index is 1060. The molecule has 0 atom stereocenters. The number of ether oxygens (including phenoxy) is 2. The van der Waals surface area contributed by atoms with Crippen molar-refractivity contribution in [3.63, 3.8) is 0 Å². The van der Waals surface area contributed by atoms with Gasteiger partial charge in [0.25, 0.3) is 0 Å². The first-order valence-corrected chi connectivity index (χ1v) is 27.4. The van der Waals surface area contributed by atoms with Gasteiger partial charge in [-0.15, -0.1) is 17.0 Å². The van der Waals surface area contributed by atoms with Gasteiger partial charge in [0.2, 0.25) is 0 Å². The summed E-state index contributed by atoms with van der Waals surface area (Å²) in [4.78, 5) is 40.0. The van der Waals surface area contributed by atoms with E-state index in [2.05, 4.69) is 71.6 Å². The van der Waals surface area contributed by atoms with Crippen LogP contribution in [0, 0.1) is 0 Å². The topological polar surface area (TPSA) is 103 Å². The molecule has 0 aromatic rings. The van der Waals surface area contributed by atoms with Crippen molar-refractivity contribution in [3.8, 4) is 0 Å². The van der Waals surface area contributed by atoms with Gasteiger partial charge in [0.05, 0.1) is 0 Å². The quantitative estimate of drug-likeness (QED) is 0.0362. The highest BCUT2D eigenvalue weighted by atomic mass is 79.9. The standard InChI is InChI=1S/2C18H39N.2C8H15NO2.C6H10O2.BrH/c2*1-4-5-6-7-8-9-10-11-12-13-14-15-16-17-18-19(2)3;2*1-7(2)8(10)11-6-5-9(3)4;1-3-4-5(2)6(7)8;/h2*4-18H2,1-3H3;2*1,5-6H2,2-4H3;2-4H2,1H3,(H,7,8);1H. The molecule has 1 N–H and O–H groups in total. The summed E-state index contributed by atoms with van der Waals surface area (Å²) in [5, 5.41) is 8.21. The first kappa shape index (κ1) is 78.4. The molecule has 0 aliphatic carbocycles. The van der Waals surface area contributed by atoms with Crippen molar-refractivity contribution >= 4 is 34.9 Å². The molecular weight excluding hydrogens is 929 g/mol.